The van der Waals surface area contributed by atoms with Crippen molar-refractivity contribution in [3.05, 3.63) is 17.3 Å². The Morgan fingerprint density at radius 2 is 2.19 bits per heavy atom. The van der Waals surface area contributed by atoms with Gasteiger partial charge in [-0.25, -0.2) is 0 Å². The first-order chi connectivity index (χ1) is 7.69. The molecule has 0 bridgehead atoms. The number of aryl methyl sites for hydroxylation is 1. The minimum atomic E-state index is -0.0477. The second kappa shape index (κ2) is 6.58. The summed E-state index contributed by atoms with van der Waals surface area (Å²) in [5.74, 6) is 0.255. The van der Waals surface area contributed by atoms with Crippen LogP contribution in [0.1, 0.15) is 35.8 Å². The van der Waals surface area contributed by atoms with Crippen molar-refractivity contribution in [3.8, 4) is 5.88 Å². The predicted molar refractivity (Wildman–Crippen MR) is 65.3 cm³/mol. The summed E-state index contributed by atoms with van der Waals surface area (Å²) < 4.78 is 4.99. The minimum absolute atomic E-state index is 0.0477. The molecular weight excluding hydrogens is 272 g/mol. The van der Waals surface area contributed by atoms with Crippen molar-refractivity contribution >= 4 is 21.7 Å². The van der Waals surface area contributed by atoms with Gasteiger partial charge in [0.1, 0.15) is 0 Å². The SMILES string of the molecule is COc1nnc(CCCCBr)cc1C(C)=O. The molecule has 1 rings (SSSR count). The van der Waals surface area contributed by atoms with Gasteiger partial charge in [-0.1, -0.05) is 15.9 Å². The fourth-order valence-corrected chi connectivity index (χ4v) is 1.74. The fourth-order valence-electron chi connectivity index (χ4n) is 1.35. The van der Waals surface area contributed by atoms with E-state index < -0.39 is 0 Å². The molecule has 1 heterocycles. The topological polar surface area (TPSA) is 52.1 Å². The zero-order chi connectivity index (χ0) is 12.0. The van der Waals surface area contributed by atoms with Crippen LogP contribution < -0.4 is 4.74 Å². The number of halogens is 1. The molecule has 0 atom stereocenters. The van der Waals surface area contributed by atoms with Crippen molar-refractivity contribution in [1.29, 1.82) is 0 Å². The molecule has 0 unspecified atom stereocenters. The number of carbonyl (C=O) groups is 1. The molecule has 1 aromatic rings. The minimum Gasteiger partial charge on any atom is -0.479 e. The number of methoxy groups -OCH3 is 1. The van der Waals surface area contributed by atoms with Crippen molar-refractivity contribution in [3.63, 3.8) is 0 Å². The summed E-state index contributed by atoms with van der Waals surface area (Å²) in [6.07, 6.45) is 2.95. The lowest BCUT2D eigenvalue weighted by atomic mass is 10.1. The van der Waals surface area contributed by atoms with Crippen molar-refractivity contribution in [2.45, 2.75) is 26.2 Å². The largest absolute Gasteiger partial charge is 0.479 e. The molecule has 4 nitrogen and oxygen atoms in total. The van der Waals surface area contributed by atoms with E-state index in [0.29, 0.717) is 11.4 Å². The highest BCUT2D eigenvalue weighted by Gasteiger charge is 2.11. The molecule has 0 aliphatic carbocycles. The molecular formula is C11H15BrN2O2. The Morgan fingerprint density at radius 3 is 2.75 bits per heavy atom. The number of unbranched alkanes of at least 4 members (excludes halogenated alkanes) is 1. The van der Waals surface area contributed by atoms with Crippen LogP contribution in [0.5, 0.6) is 5.88 Å². The Bertz CT molecular complexity index is 369. The van der Waals surface area contributed by atoms with Crippen LogP contribution >= 0.6 is 15.9 Å². The standard InChI is InChI=1S/C11H15BrN2O2/c1-8(15)10-7-9(5-3-4-6-12)13-14-11(10)16-2/h7H,3-6H2,1-2H3. The Labute approximate surface area is 104 Å². The van der Waals surface area contributed by atoms with Crippen molar-refractivity contribution in [2.75, 3.05) is 12.4 Å². The Kier molecular flexibility index (Phi) is 5.38. The highest BCUT2D eigenvalue weighted by molar-refractivity contribution is 9.09. The van der Waals surface area contributed by atoms with E-state index in [9.17, 15) is 4.79 Å². The van der Waals surface area contributed by atoms with Gasteiger partial charge in [-0.15, -0.1) is 5.10 Å². The third-order valence-electron chi connectivity index (χ3n) is 2.20. The number of rotatable bonds is 6. The molecule has 0 spiro atoms. The van der Waals surface area contributed by atoms with E-state index in [1.54, 1.807) is 6.07 Å². The average Bonchev–Trinajstić information content (AvgIpc) is 2.29. The zero-order valence-corrected chi connectivity index (χ0v) is 11.1. The maximum atomic E-state index is 11.4. The van der Waals surface area contributed by atoms with E-state index in [1.165, 1.54) is 14.0 Å². The molecule has 1 aromatic heterocycles. The van der Waals surface area contributed by atoms with Crippen LogP contribution in [0.3, 0.4) is 0 Å². The number of alkyl halides is 1. The number of nitrogens with zero attached hydrogens (tertiary/aromatic N) is 2. The lowest BCUT2D eigenvalue weighted by Gasteiger charge is -2.05. The number of aromatic nitrogens is 2. The number of hydrogen-bond donors (Lipinski definition) is 0. The molecule has 0 amide bonds. The summed E-state index contributed by atoms with van der Waals surface area (Å²) in [5, 5.41) is 8.90. The van der Waals surface area contributed by atoms with Crippen LogP contribution in [0.4, 0.5) is 0 Å². The van der Waals surface area contributed by atoms with Gasteiger partial charge in [0.25, 0.3) is 0 Å². The number of carbonyl (C=O) groups excluding carboxylic acids is 1. The van der Waals surface area contributed by atoms with Crippen LogP contribution in [-0.4, -0.2) is 28.4 Å². The molecule has 0 aliphatic heterocycles. The second-order valence-electron chi connectivity index (χ2n) is 3.46. The highest BCUT2D eigenvalue weighted by Crippen LogP contribution is 2.16. The summed E-state index contributed by atoms with van der Waals surface area (Å²) in [6, 6.07) is 1.77. The Morgan fingerprint density at radius 1 is 1.44 bits per heavy atom. The van der Waals surface area contributed by atoms with E-state index >= 15 is 0 Å². The van der Waals surface area contributed by atoms with E-state index in [1.807, 2.05) is 0 Å². The highest BCUT2D eigenvalue weighted by atomic mass is 79.9. The first-order valence-electron chi connectivity index (χ1n) is 5.16. The Balaban J connectivity index is 2.81. The van der Waals surface area contributed by atoms with E-state index in [2.05, 4.69) is 26.1 Å². The van der Waals surface area contributed by atoms with Gasteiger partial charge in [-0.2, -0.15) is 5.10 Å². The third kappa shape index (κ3) is 3.56. The quantitative estimate of drug-likeness (QED) is 0.458. The number of ketones is 1. The maximum absolute atomic E-state index is 11.4. The van der Waals surface area contributed by atoms with Gasteiger partial charge < -0.3 is 4.74 Å². The van der Waals surface area contributed by atoms with Crippen LogP contribution in [0.25, 0.3) is 0 Å². The van der Waals surface area contributed by atoms with Crippen molar-refractivity contribution in [2.24, 2.45) is 0 Å². The third-order valence-corrected chi connectivity index (χ3v) is 2.76. The number of ether oxygens (including phenoxy) is 1. The van der Waals surface area contributed by atoms with Gasteiger partial charge in [-0.05, 0) is 32.3 Å². The predicted octanol–water partition coefficient (Wildman–Crippen LogP) is 2.41. The molecule has 0 aromatic carbocycles. The van der Waals surface area contributed by atoms with Gasteiger partial charge in [0, 0.05) is 5.33 Å². The van der Waals surface area contributed by atoms with Crippen molar-refractivity contribution in [1.82, 2.24) is 10.2 Å². The molecule has 16 heavy (non-hydrogen) atoms. The van der Waals surface area contributed by atoms with Crippen LogP contribution in [0, 0.1) is 0 Å². The summed E-state index contributed by atoms with van der Waals surface area (Å²) in [4.78, 5) is 11.4. The molecule has 0 aliphatic rings. The van der Waals surface area contributed by atoms with Crippen LogP contribution in [0.15, 0.2) is 6.07 Å². The van der Waals surface area contributed by atoms with Gasteiger partial charge in [0.15, 0.2) is 5.78 Å². The lowest BCUT2D eigenvalue weighted by molar-refractivity contribution is 0.101. The molecule has 88 valence electrons. The van der Waals surface area contributed by atoms with Gasteiger partial charge in [0.05, 0.1) is 18.4 Å². The summed E-state index contributed by atoms with van der Waals surface area (Å²) in [6.45, 7) is 1.50. The second-order valence-corrected chi connectivity index (χ2v) is 4.25. The maximum Gasteiger partial charge on any atom is 0.244 e. The van der Waals surface area contributed by atoms with Crippen molar-refractivity contribution < 1.29 is 9.53 Å². The zero-order valence-electron chi connectivity index (χ0n) is 9.49. The summed E-state index contributed by atoms with van der Waals surface area (Å²) >= 11 is 3.37. The van der Waals surface area contributed by atoms with Gasteiger partial charge in [0.2, 0.25) is 5.88 Å². The monoisotopic (exact) mass is 286 g/mol. The normalized spacial score (nSPS) is 10.2. The number of Topliss-reactive ketones (excluding diaryl/α,β-unsaturated/α-hetero) is 1. The van der Waals surface area contributed by atoms with Gasteiger partial charge >= 0.3 is 0 Å². The molecule has 0 radical (unpaired) electrons. The molecule has 0 saturated heterocycles. The summed E-state index contributed by atoms with van der Waals surface area (Å²) in [5.41, 5.74) is 1.35. The first-order valence-corrected chi connectivity index (χ1v) is 6.28. The van der Waals surface area contributed by atoms with Crippen LogP contribution in [-0.2, 0) is 6.42 Å². The lowest BCUT2D eigenvalue weighted by Crippen LogP contribution is -2.04. The number of hydrogen-bond acceptors (Lipinski definition) is 4. The van der Waals surface area contributed by atoms with E-state index in [4.69, 9.17) is 4.74 Å². The summed E-state index contributed by atoms with van der Waals surface area (Å²) in [7, 11) is 1.49. The van der Waals surface area contributed by atoms with E-state index in [0.717, 1.165) is 30.3 Å². The molecule has 0 saturated carbocycles. The average molecular weight is 287 g/mol. The molecule has 0 fully saturated rings. The van der Waals surface area contributed by atoms with Crippen LogP contribution in [0.2, 0.25) is 0 Å². The first kappa shape index (κ1) is 13.1. The van der Waals surface area contributed by atoms with E-state index in [-0.39, 0.29) is 5.78 Å². The molecule has 5 heteroatoms. The Hall–Kier alpha value is -0.970. The smallest absolute Gasteiger partial charge is 0.244 e. The molecule has 0 N–H and O–H groups in total. The van der Waals surface area contributed by atoms with Gasteiger partial charge in [-0.3, -0.25) is 4.79 Å². The fraction of sp³-hybridized carbons (Fsp3) is 0.545.